The minimum Gasteiger partial charge on any atom is -0.496 e. The molecule has 2 rings (SSSR count). The van der Waals surface area contributed by atoms with Crippen LogP contribution in [-0.2, 0) is 4.74 Å². The molecule has 2 atom stereocenters. The van der Waals surface area contributed by atoms with Crippen LogP contribution in [0.4, 0.5) is 0 Å². The van der Waals surface area contributed by atoms with Gasteiger partial charge < -0.3 is 14.8 Å². The molecule has 1 saturated heterocycles. The van der Waals surface area contributed by atoms with Crippen LogP contribution < -0.4 is 10.1 Å². The highest BCUT2D eigenvalue weighted by Crippen LogP contribution is 2.28. The summed E-state index contributed by atoms with van der Waals surface area (Å²) in [6.45, 7) is 4.86. The van der Waals surface area contributed by atoms with Crippen LogP contribution >= 0.6 is 0 Å². The second-order valence-corrected chi connectivity index (χ2v) is 4.33. The van der Waals surface area contributed by atoms with Gasteiger partial charge in [-0.25, -0.2) is 0 Å². The first kappa shape index (κ1) is 11.4. The normalized spacial score (nSPS) is 26.1. The van der Waals surface area contributed by atoms with E-state index in [4.69, 9.17) is 9.47 Å². The van der Waals surface area contributed by atoms with Gasteiger partial charge in [-0.2, -0.15) is 0 Å². The number of hydrogen-bond acceptors (Lipinski definition) is 3. The van der Waals surface area contributed by atoms with E-state index < -0.39 is 0 Å². The van der Waals surface area contributed by atoms with Crippen LogP contribution in [0, 0.1) is 5.92 Å². The first-order valence-electron chi connectivity index (χ1n) is 5.76. The van der Waals surface area contributed by atoms with Crippen LogP contribution in [0.2, 0.25) is 0 Å². The van der Waals surface area contributed by atoms with E-state index in [1.165, 1.54) is 0 Å². The molecular weight excluding hydrogens is 202 g/mol. The van der Waals surface area contributed by atoms with Gasteiger partial charge in [0.2, 0.25) is 0 Å². The lowest BCUT2D eigenvalue weighted by molar-refractivity contribution is 0.0500. The Bertz CT molecular complexity index is 340. The molecule has 0 radical (unpaired) electrons. The Hall–Kier alpha value is -1.06. The number of hydrogen-bond donors (Lipinski definition) is 1. The Labute approximate surface area is 96.8 Å². The molecule has 1 N–H and O–H groups in total. The summed E-state index contributed by atoms with van der Waals surface area (Å²) in [7, 11) is 1.70. The average molecular weight is 221 g/mol. The molecule has 0 amide bonds. The van der Waals surface area contributed by atoms with Crippen molar-refractivity contribution in [1.82, 2.24) is 5.32 Å². The maximum absolute atomic E-state index is 5.90. The Morgan fingerprint density at radius 3 is 2.94 bits per heavy atom. The van der Waals surface area contributed by atoms with Gasteiger partial charge in [-0.15, -0.1) is 0 Å². The Morgan fingerprint density at radius 1 is 1.31 bits per heavy atom. The van der Waals surface area contributed by atoms with Crippen molar-refractivity contribution in [3.8, 4) is 5.75 Å². The van der Waals surface area contributed by atoms with Gasteiger partial charge in [0.05, 0.1) is 19.8 Å². The Morgan fingerprint density at radius 2 is 2.12 bits per heavy atom. The van der Waals surface area contributed by atoms with Crippen LogP contribution in [0.15, 0.2) is 24.3 Å². The van der Waals surface area contributed by atoms with E-state index in [0.29, 0.717) is 5.92 Å². The van der Waals surface area contributed by atoms with Gasteiger partial charge in [0, 0.05) is 18.7 Å². The second kappa shape index (κ2) is 5.32. The minimum absolute atomic E-state index is 0.0982. The lowest BCUT2D eigenvalue weighted by Gasteiger charge is -2.18. The molecule has 1 fully saturated rings. The molecule has 1 aliphatic rings. The lowest BCUT2D eigenvalue weighted by Crippen LogP contribution is -2.22. The molecule has 2 unspecified atom stereocenters. The summed E-state index contributed by atoms with van der Waals surface area (Å²) in [6.07, 6.45) is 0.0982. The molecule has 88 valence electrons. The topological polar surface area (TPSA) is 30.5 Å². The van der Waals surface area contributed by atoms with Gasteiger partial charge in [0.15, 0.2) is 0 Å². The van der Waals surface area contributed by atoms with E-state index >= 15 is 0 Å². The molecule has 3 heteroatoms. The molecule has 0 aliphatic carbocycles. The molecular formula is C13H19NO2. The van der Waals surface area contributed by atoms with E-state index in [1.807, 2.05) is 18.2 Å². The van der Waals surface area contributed by atoms with Crippen LogP contribution in [0.25, 0.3) is 0 Å². The second-order valence-electron chi connectivity index (χ2n) is 4.33. The Kier molecular flexibility index (Phi) is 3.80. The van der Waals surface area contributed by atoms with Crippen molar-refractivity contribution in [2.24, 2.45) is 5.92 Å². The molecule has 3 nitrogen and oxygen atoms in total. The Balaban J connectivity index is 2.16. The molecule has 1 aromatic rings. The molecule has 0 saturated carbocycles. The molecule has 0 aromatic heterocycles. The van der Waals surface area contributed by atoms with Gasteiger partial charge >= 0.3 is 0 Å². The van der Waals surface area contributed by atoms with Crippen LogP contribution in [-0.4, -0.2) is 26.8 Å². The van der Waals surface area contributed by atoms with Crippen molar-refractivity contribution in [1.29, 1.82) is 0 Å². The fraction of sp³-hybridized carbons (Fsp3) is 0.538. The largest absolute Gasteiger partial charge is 0.496 e. The third-order valence-electron chi connectivity index (χ3n) is 2.89. The molecule has 16 heavy (non-hydrogen) atoms. The SMILES string of the molecule is COc1ccccc1C1CNCC(C)CO1. The van der Waals surface area contributed by atoms with Gasteiger partial charge in [-0.05, 0) is 12.0 Å². The highest BCUT2D eigenvalue weighted by Gasteiger charge is 2.20. The van der Waals surface area contributed by atoms with Crippen LogP contribution in [0.1, 0.15) is 18.6 Å². The summed E-state index contributed by atoms with van der Waals surface area (Å²) in [6, 6.07) is 8.05. The molecule has 1 heterocycles. The van der Waals surface area contributed by atoms with Crippen LogP contribution in [0.3, 0.4) is 0 Å². The van der Waals surface area contributed by atoms with Gasteiger partial charge in [0.25, 0.3) is 0 Å². The summed E-state index contributed by atoms with van der Waals surface area (Å²) < 4.78 is 11.3. The van der Waals surface area contributed by atoms with E-state index in [0.717, 1.165) is 31.0 Å². The molecule has 1 aromatic carbocycles. The van der Waals surface area contributed by atoms with E-state index in [-0.39, 0.29) is 6.10 Å². The quantitative estimate of drug-likeness (QED) is 0.828. The zero-order valence-electron chi connectivity index (χ0n) is 9.90. The highest BCUT2D eigenvalue weighted by molar-refractivity contribution is 5.35. The highest BCUT2D eigenvalue weighted by atomic mass is 16.5. The maximum Gasteiger partial charge on any atom is 0.124 e. The molecule has 1 aliphatic heterocycles. The first-order valence-corrected chi connectivity index (χ1v) is 5.76. The zero-order valence-corrected chi connectivity index (χ0v) is 9.90. The standard InChI is InChI=1S/C13H19NO2/c1-10-7-14-8-13(16-9-10)11-5-3-4-6-12(11)15-2/h3-6,10,13-14H,7-9H2,1-2H3. The van der Waals surface area contributed by atoms with Crippen molar-refractivity contribution >= 4 is 0 Å². The fourth-order valence-electron chi connectivity index (χ4n) is 1.99. The van der Waals surface area contributed by atoms with Crippen molar-refractivity contribution in [2.45, 2.75) is 13.0 Å². The summed E-state index contributed by atoms with van der Waals surface area (Å²) in [5.74, 6) is 1.48. The fourth-order valence-corrected chi connectivity index (χ4v) is 1.99. The zero-order chi connectivity index (χ0) is 11.4. The monoisotopic (exact) mass is 221 g/mol. The van der Waals surface area contributed by atoms with E-state index in [1.54, 1.807) is 7.11 Å². The minimum atomic E-state index is 0.0982. The van der Waals surface area contributed by atoms with Crippen molar-refractivity contribution in [3.63, 3.8) is 0 Å². The average Bonchev–Trinajstić information content (AvgIpc) is 2.54. The van der Waals surface area contributed by atoms with Gasteiger partial charge in [-0.3, -0.25) is 0 Å². The number of methoxy groups -OCH3 is 1. The van der Waals surface area contributed by atoms with Crippen molar-refractivity contribution < 1.29 is 9.47 Å². The van der Waals surface area contributed by atoms with Crippen molar-refractivity contribution in [2.75, 3.05) is 26.8 Å². The van der Waals surface area contributed by atoms with Gasteiger partial charge in [0.1, 0.15) is 5.75 Å². The summed E-state index contributed by atoms with van der Waals surface area (Å²) in [4.78, 5) is 0. The number of rotatable bonds is 2. The number of ether oxygens (including phenoxy) is 2. The third-order valence-corrected chi connectivity index (χ3v) is 2.89. The number of nitrogens with one attached hydrogen (secondary N) is 1. The third kappa shape index (κ3) is 2.54. The van der Waals surface area contributed by atoms with E-state index in [2.05, 4.69) is 18.3 Å². The number of benzene rings is 1. The predicted octanol–water partition coefficient (Wildman–Crippen LogP) is 1.99. The van der Waals surface area contributed by atoms with E-state index in [9.17, 15) is 0 Å². The maximum atomic E-state index is 5.90. The predicted molar refractivity (Wildman–Crippen MR) is 63.7 cm³/mol. The van der Waals surface area contributed by atoms with Gasteiger partial charge in [-0.1, -0.05) is 25.1 Å². The smallest absolute Gasteiger partial charge is 0.124 e. The molecule has 0 spiro atoms. The number of para-hydroxylation sites is 1. The first-order chi connectivity index (χ1) is 7.81. The molecule has 0 bridgehead atoms. The van der Waals surface area contributed by atoms with Crippen molar-refractivity contribution in [3.05, 3.63) is 29.8 Å². The lowest BCUT2D eigenvalue weighted by atomic mass is 10.1. The van der Waals surface area contributed by atoms with Crippen LogP contribution in [0.5, 0.6) is 5.75 Å². The summed E-state index contributed by atoms with van der Waals surface area (Å²) in [5, 5.41) is 3.42. The summed E-state index contributed by atoms with van der Waals surface area (Å²) >= 11 is 0. The summed E-state index contributed by atoms with van der Waals surface area (Å²) in [5.41, 5.74) is 1.13.